The zero-order chi connectivity index (χ0) is 26.7. The first-order valence-corrected chi connectivity index (χ1v) is 12.7. The Morgan fingerprint density at radius 3 is 2.31 bits per heavy atom. The van der Waals surface area contributed by atoms with Crippen molar-refractivity contribution < 1.29 is 35.5 Å². The summed E-state index contributed by atoms with van der Waals surface area (Å²) in [4.78, 5) is 12.9. The maximum absolute atomic E-state index is 13.4. The molecule has 0 bridgehead atoms. The number of hydrogen-bond acceptors (Lipinski definition) is 4. The van der Waals surface area contributed by atoms with Crippen LogP contribution in [-0.4, -0.2) is 27.2 Å². The van der Waals surface area contributed by atoms with Crippen molar-refractivity contribution in [2.45, 2.75) is 19.6 Å². The molecular formula is C24H21ClF4N2O4S. The fourth-order valence-electron chi connectivity index (χ4n) is 3.29. The van der Waals surface area contributed by atoms with Gasteiger partial charge in [-0.05, 0) is 67.6 Å². The molecule has 0 heterocycles. The minimum absolute atomic E-state index is 0.0227. The lowest BCUT2D eigenvalue weighted by atomic mass is 10.1. The molecule has 0 saturated heterocycles. The van der Waals surface area contributed by atoms with Crippen LogP contribution in [0.2, 0.25) is 5.02 Å². The van der Waals surface area contributed by atoms with E-state index in [0.717, 1.165) is 40.9 Å². The lowest BCUT2D eigenvalue weighted by Gasteiger charge is -2.24. The normalized spacial score (nSPS) is 11.8. The van der Waals surface area contributed by atoms with Gasteiger partial charge in [0.15, 0.2) is 0 Å². The Morgan fingerprint density at radius 2 is 1.72 bits per heavy atom. The van der Waals surface area contributed by atoms with Gasteiger partial charge in [-0.3, -0.25) is 9.10 Å². The molecule has 1 N–H and O–H groups in total. The van der Waals surface area contributed by atoms with E-state index in [-0.39, 0.29) is 35.1 Å². The highest BCUT2D eigenvalue weighted by Crippen LogP contribution is 2.34. The van der Waals surface area contributed by atoms with Crippen LogP contribution in [0.15, 0.2) is 60.7 Å². The fraction of sp³-hybridized carbons (Fsp3) is 0.208. The zero-order valence-corrected chi connectivity index (χ0v) is 20.6. The van der Waals surface area contributed by atoms with Crippen LogP contribution in [0, 0.1) is 5.82 Å². The number of alkyl halides is 3. The molecule has 0 radical (unpaired) electrons. The van der Waals surface area contributed by atoms with Gasteiger partial charge in [-0.15, -0.1) is 0 Å². The second-order valence-electron chi connectivity index (χ2n) is 7.65. The molecule has 1 amide bonds. The van der Waals surface area contributed by atoms with Crippen LogP contribution in [0.5, 0.6) is 5.75 Å². The standard InChI is InChI=1S/C24H21ClF4N2O4S/c1-3-35-22-11-4-15(23(32)30-21-13-17(24(27,28)29)5-10-20(21)25)12-16(22)14-31(36(2,33)34)19-8-6-18(26)7-9-19/h4-13H,3,14H2,1-2H3,(H,30,32). The molecule has 3 rings (SSSR count). The van der Waals surface area contributed by atoms with E-state index in [1.165, 1.54) is 30.3 Å². The largest absolute Gasteiger partial charge is 0.494 e. The quantitative estimate of drug-likeness (QED) is 0.347. The Bertz CT molecular complexity index is 1360. The van der Waals surface area contributed by atoms with Crippen molar-refractivity contribution in [2.75, 3.05) is 22.5 Å². The first-order chi connectivity index (χ1) is 16.8. The van der Waals surface area contributed by atoms with Crippen molar-refractivity contribution in [2.24, 2.45) is 0 Å². The Morgan fingerprint density at radius 1 is 1.06 bits per heavy atom. The number of ether oxygens (including phenoxy) is 1. The number of amides is 1. The molecule has 0 aliphatic carbocycles. The summed E-state index contributed by atoms with van der Waals surface area (Å²) in [7, 11) is -3.84. The predicted molar refractivity (Wildman–Crippen MR) is 129 cm³/mol. The van der Waals surface area contributed by atoms with Gasteiger partial charge in [-0.1, -0.05) is 11.6 Å². The second kappa shape index (κ2) is 10.8. The number of rotatable bonds is 8. The highest BCUT2D eigenvalue weighted by atomic mass is 35.5. The number of nitrogens with one attached hydrogen (secondary N) is 1. The lowest BCUT2D eigenvalue weighted by Crippen LogP contribution is -2.29. The van der Waals surface area contributed by atoms with E-state index >= 15 is 0 Å². The molecule has 6 nitrogen and oxygen atoms in total. The minimum Gasteiger partial charge on any atom is -0.494 e. The summed E-state index contributed by atoms with van der Waals surface area (Å²) in [6, 6.07) is 11.5. The SMILES string of the molecule is CCOc1ccc(C(=O)Nc2cc(C(F)(F)F)ccc2Cl)cc1CN(c1ccc(F)cc1)S(C)(=O)=O. The lowest BCUT2D eigenvalue weighted by molar-refractivity contribution is -0.137. The van der Waals surface area contributed by atoms with Crippen LogP contribution >= 0.6 is 11.6 Å². The third kappa shape index (κ3) is 6.67. The summed E-state index contributed by atoms with van der Waals surface area (Å²) in [6.07, 6.45) is -3.66. The van der Waals surface area contributed by atoms with E-state index in [0.29, 0.717) is 11.3 Å². The third-order valence-corrected chi connectivity index (χ3v) is 6.46. The molecule has 0 aliphatic heterocycles. The number of carbonyl (C=O) groups is 1. The molecular weight excluding hydrogens is 524 g/mol. The van der Waals surface area contributed by atoms with E-state index in [1.54, 1.807) is 6.92 Å². The van der Waals surface area contributed by atoms with Gasteiger partial charge in [0.05, 0.1) is 41.4 Å². The Balaban J connectivity index is 1.97. The Kier molecular flexibility index (Phi) is 8.15. The summed E-state index contributed by atoms with van der Waals surface area (Å²) in [5, 5.41) is 2.26. The summed E-state index contributed by atoms with van der Waals surface area (Å²) in [5.74, 6) is -1.02. The molecule has 0 saturated carbocycles. The van der Waals surface area contributed by atoms with E-state index in [2.05, 4.69) is 5.32 Å². The van der Waals surface area contributed by atoms with Gasteiger partial charge >= 0.3 is 6.18 Å². The first-order valence-electron chi connectivity index (χ1n) is 10.5. The maximum Gasteiger partial charge on any atom is 0.416 e. The number of halogens is 5. The average molecular weight is 545 g/mol. The first kappa shape index (κ1) is 27.3. The molecule has 36 heavy (non-hydrogen) atoms. The van der Waals surface area contributed by atoms with Gasteiger partial charge in [0.1, 0.15) is 11.6 Å². The molecule has 0 aliphatic rings. The van der Waals surface area contributed by atoms with Gasteiger partial charge in [-0.2, -0.15) is 13.2 Å². The molecule has 192 valence electrons. The number of benzene rings is 3. The monoisotopic (exact) mass is 544 g/mol. The molecule has 3 aromatic carbocycles. The van der Waals surface area contributed by atoms with Crippen molar-refractivity contribution in [3.05, 3.63) is 88.2 Å². The van der Waals surface area contributed by atoms with Gasteiger partial charge in [-0.25, -0.2) is 12.8 Å². The van der Waals surface area contributed by atoms with Gasteiger partial charge in [0.2, 0.25) is 10.0 Å². The average Bonchev–Trinajstić information content (AvgIpc) is 2.79. The smallest absolute Gasteiger partial charge is 0.416 e. The maximum atomic E-state index is 13.4. The van der Waals surface area contributed by atoms with Crippen LogP contribution in [0.1, 0.15) is 28.4 Å². The van der Waals surface area contributed by atoms with Crippen molar-refractivity contribution >= 4 is 38.9 Å². The van der Waals surface area contributed by atoms with Gasteiger partial charge in [0.25, 0.3) is 5.91 Å². The van der Waals surface area contributed by atoms with Crippen LogP contribution < -0.4 is 14.4 Å². The second-order valence-corrected chi connectivity index (χ2v) is 9.96. The molecule has 12 heteroatoms. The molecule has 0 fully saturated rings. The molecule has 0 atom stereocenters. The topological polar surface area (TPSA) is 75.7 Å². The molecule has 0 unspecified atom stereocenters. The number of nitrogens with zero attached hydrogens (tertiary/aromatic N) is 1. The summed E-state index contributed by atoms with van der Waals surface area (Å²) in [6.45, 7) is 1.70. The van der Waals surface area contributed by atoms with E-state index in [1.807, 2.05) is 0 Å². The number of sulfonamides is 1. The van der Waals surface area contributed by atoms with Crippen molar-refractivity contribution in [3.8, 4) is 5.75 Å². The van der Waals surface area contributed by atoms with Crippen LogP contribution in [0.3, 0.4) is 0 Å². The van der Waals surface area contributed by atoms with Crippen LogP contribution in [0.4, 0.5) is 28.9 Å². The predicted octanol–water partition coefficient (Wildman–Crippen LogP) is 6.12. The molecule has 0 spiro atoms. The van der Waals surface area contributed by atoms with E-state index < -0.39 is 33.5 Å². The molecule has 0 aromatic heterocycles. The van der Waals surface area contributed by atoms with Crippen LogP contribution in [0.25, 0.3) is 0 Å². The van der Waals surface area contributed by atoms with Gasteiger partial charge < -0.3 is 10.1 Å². The number of carbonyl (C=O) groups excluding carboxylic acids is 1. The van der Waals surface area contributed by atoms with Gasteiger partial charge in [0, 0.05) is 11.1 Å². The van der Waals surface area contributed by atoms with E-state index in [9.17, 15) is 30.8 Å². The van der Waals surface area contributed by atoms with Crippen molar-refractivity contribution in [3.63, 3.8) is 0 Å². The Hall–Kier alpha value is -3.31. The summed E-state index contributed by atoms with van der Waals surface area (Å²) in [5.41, 5.74) is -0.718. The molecule has 3 aromatic rings. The van der Waals surface area contributed by atoms with Crippen LogP contribution in [-0.2, 0) is 22.7 Å². The zero-order valence-electron chi connectivity index (χ0n) is 19.1. The highest BCUT2D eigenvalue weighted by Gasteiger charge is 2.31. The Labute approximate surface area is 210 Å². The highest BCUT2D eigenvalue weighted by molar-refractivity contribution is 7.92. The van der Waals surface area contributed by atoms with Crippen molar-refractivity contribution in [1.82, 2.24) is 0 Å². The van der Waals surface area contributed by atoms with Crippen molar-refractivity contribution in [1.29, 1.82) is 0 Å². The minimum atomic E-state index is -4.63. The number of anilines is 2. The fourth-order valence-corrected chi connectivity index (χ4v) is 4.34. The van der Waals surface area contributed by atoms with E-state index in [4.69, 9.17) is 16.3 Å². The third-order valence-electron chi connectivity index (χ3n) is 4.99. The summed E-state index contributed by atoms with van der Waals surface area (Å²) >= 11 is 5.97. The summed E-state index contributed by atoms with van der Waals surface area (Å²) < 4.78 is 84.2. The number of hydrogen-bond donors (Lipinski definition) is 1.